The number of carboxylic acid groups (broad SMARTS) is 1. The van der Waals surface area contributed by atoms with E-state index in [-0.39, 0.29) is 12.3 Å². The Balaban J connectivity index is 2.03. The molecule has 0 heterocycles. The maximum Gasteiger partial charge on any atom is 0.326 e. The number of nitrogens with one attached hydrogen (secondary N) is 1. The van der Waals surface area contributed by atoms with Gasteiger partial charge in [-0.2, -0.15) is 12.6 Å². The lowest BCUT2D eigenvalue weighted by Crippen LogP contribution is -2.45. The third-order valence-electron chi connectivity index (χ3n) is 4.11. The summed E-state index contributed by atoms with van der Waals surface area (Å²) in [4.78, 5) is 23.7. The molecule has 1 amide bonds. The number of carbonyl (C=O) groups is 2. The van der Waals surface area contributed by atoms with Crippen molar-refractivity contribution in [1.82, 2.24) is 5.32 Å². The van der Waals surface area contributed by atoms with E-state index in [4.69, 9.17) is 0 Å². The number of hydrogen-bond acceptors (Lipinski definition) is 3. The van der Waals surface area contributed by atoms with Crippen molar-refractivity contribution < 1.29 is 14.7 Å². The van der Waals surface area contributed by atoms with Crippen LogP contribution in [-0.4, -0.2) is 28.3 Å². The number of amides is 1. The van der Waals surface area contributed by atoms with Crippen LogP contribution in [0.25, 0.3) is 11.1 Å². The summed E-state index contributed by atoms with van der Waals surface area (Å²) < 4.78 is 0. The molecule has 138 valence electrons. The van der Waals surface area contributed by atoms with E-state index in [2.05, 4.69) is 17.9 Å². The molecule has 0 radical (unpaired) electrons. The summed E-state index contributed by atoms with van der Waals surface area (Å²) in [5.41, 5.74) is 3.03. The Hall–Kier alpha value is -2.27. The topological polar surface area (TPSA) is 66.4 Å². The predicted octanol–water partition coefficient (Wildman–Crippen LogP) is 3.81. The van der Waals surface area contributed by atoms with E-state index in [1.54, 1.807) is 0 Å². The van der Waals surface area contributed by atoms with Crippen LogP contribution >= 0.6 is 12.6 Å². The van der Waals surface area contributed by atoms with Crippen LogP contribution < -0.4 is 5.32 Å². The number of carbonyl (C=O) groups excluding carboxylic acids is 1. The summed E-state index contributed by atoms with van der Waals surface area (Å²) in [5.74, 6) is -1.07. The number of rotatable bonds is 8. The van der Waals surface area contributed by atoms with Gasteiger partial charge in [0.2, 0.25) is 5.91 Å². The Kier molecular flexibility index (Phi) is 7.27. The third-order valence-corrected chi connectivity index (χ3v) is 4.56. The molecule has 0 fully saturated rings. The van der Waals surface area contributed by atoms with Crippen LogP contribution in [0.5, 0.6) is 0 Å². The molecule has 0 spiro atoms. The first kappa shape index (κ1) is 20.0. The smallest absolute Gasteiger partial charge is 0.326 e. The van der Waals surface area contributed by atoms with Gasteiger partial charge in [-0.1, -0.05) is 68.4 Å². The molecule has 0 unspecified atom stereocenters. The largest absolute Gasteiger partial charge is 0.480 e. The molecule has 0 aromatic heterocycles. The fraction of sp³-hybridized carbons (Fsp3) is 0.333. The lowest BCUT2D eigenvalue weighted by atomic mass is 10.0. The Bertz CT molecular complexity index is 729. The summed E-state index contributed by atoms with van der Waals surface area (Å²) in [6.07, 6.45) is 0.839. The van der Waals surface area contributed by atoms with Gasteiger partial charge in [0.05, 0.1) is 5.25 Å². The van der Waals surface area contributed by atoms with E-state index in [9.17, 15) is 14.7 Å². The number of hydrogen-bond donors (Lipinski definition) is 3. The van der Waals surface area contributed by atoms with Gasteiger partial charge in [-0.05, 0) is 29.0 Å². The van der Waals surface area contributed by atoms with Crippen LogP contribution in [-0.2, 0) is 16.0 Å². The molecular weight excluding hydrogens is 346 g/mol. The van der Waals surface area contributed by atoms with Gasteiger partial charge in [-0.25, -0.2) is 4.79 Å². The van der Waals surface area contributed by atoms with Crippen molar-refractivity contribution in [2.45, 2.75) is 38.0 Å². The van der Waals surface area contributed by atoms with E-state index in [1.807, 2.05) is 68.4 Å². The molecule has 0 saturated carbocycles. The molecule has 26 heavy (non-hydrogen) atoms. The van der Waals surface area contributed by atoms with Gasteiger partial charge in [0.25, 0.3) is 0 Å². The summed E-state index contributed by atoms with van der Waals surface area (Å²) >= 11 is 4.28. The standard InChI is InChI=1S/C21H25NO3S/c1-14(2)12-19(26)20(23)22-18(21(24)25)13-15-8-10-17(11-9-15)16-6-4-3-5-7-16/h3-11,14,18-19,26H,12-13H2,1-2H3,(H,22,23)(H,24,25)/t18-,19+/m0/s1. The molecular formula is C21H25NO3S. The summed E-state index contributed by atoms with van der Waals surface area (Å²) in [5, 5.41) is 11.5. The van der Waals surface area contributed by atoms with E-state index in [1.165, 1.54) is 0 Å². The molecule has 0 bridgehead atoms. The molecule has 2 N–H and O–H groups in total. The van der Waals surface area contributed by atoms with Crippen LogP contribution in [0, 0.1) is 5.92 Å². The molecule has 2 atom stereocenters. The number of aliphatic carboxylic acids is 1. The van der Waals surface area contributed by atoms with Crippen molar-refractivity contribution in [2.75, 3.05) is 0 Å². The lowest BCUT2D eigenvalue weighted by Gasteiger charge is -2.18. The minimum absolute atomic E-state index is 0.234. The van der Waals surface area contributed by atoms with Crippen molar-refractivity contribution in [1.29, 1.82) is 0 Å². The highest BCUT2D eigenvalue weighted by molar-refractivity contribution is 7.81. The molecule has 2 rings (SSSR count). The summed E-state index contributed by atoms with van der Waals surface area (Å²) in [6.45, 7) is 4.00. The second-order valence-corrected chi connectivity index (χ2v) is 7.44. The van der Waals surface area contributed by atoms with E-state index < -0.39 is 17.3 Å². The number of thiol groups is 1. The average Bonchev–Trinajstić information content (AvgIpc) is 2.61. The normalized spacial score (nSPS) is 13.2. The van der Waals surface area contributed by atoms with Gasteiger partial charge in [0, 0.05) is 6.42 Å². The molecule has 0 aliphatic rings. The van der Waals surface area contributed by atoms with Gasteiger partial charge in [-0.15, -0.1) is 0 Å². The first-order valence-corrected chi connectivity index (χ1v) is 9.24. The minimum atomic E-state index is -1.05. The van der Waals surface area contributed by atoms with Crippen LogP contribution in [0.2, 0.25) is 0 Å². The van der Waals surface area contributed by atoms with Crippen molar-refractivity contribution in [3.63, 3.8) is 0 Å². The zero-order chi connectivity index (χ0) is 19.1. The van der Waals surface area contributed by atoms with Crippen molar-refractivity contribution in [3.8, 4) is 11.1 Å². The highest BCUT2D eigenvalue weighted by Crippen LogP contribution is 2.20. The van der Waals surface area contributed by atoms with Crippen LogP contribution in [0.3, 0.4) is 0 Å². The highest BCUT2D eigenvalue weighted by atomic mass is 32.1. The van der Waals surface area contributed by atoms with E-state index in [0.29, 0.717) is 12.3 Å². The molecule has 0 aliphatic carbocycles. The molecule has 0 aliphatic heterocycles. The van der Waals surface area contributed by atoms with Gasteiger partial charge < -0.3 is 10.4 Å². The second-order valence-electron chi connectivity index (χ2n) is 6.81. The first-order chi connectivity index (χ1) is 12.4. The monoisotopic (exact) mass is 371 g/mol. The zero-order valence-electron chi connectivity index (χ0n) is 15.1. The fourth-order valence-electron chi connectivity index (χ4n) is 2.72. The van der Waals surface area contributed by atoms with Gasteiger partial charge in [0.1, 0.15) is 6.04 Å². The van der Waals surface area contributed by atoms with Crippen LogP contribution in [0.15, 0.2) is 54.6 Å². The molecule has 5 heteroatoms. The molecule has 2 aromatic carbocycles. The lowest BCUT2D eigenvalue weighted by molar-refractivity contribution is -0.141. The Morgan fingerprint density at radius 2 is 1.58 bits per heavy atom. The van der Waals surface area contributed by atoms with Crippen molar-refractivity contribution >= 4 is 24.5 Å². The SMILES string of the molecule is CC(C)C[C@@H](S)C(=O)N[C@@H](Cc1ccc(-c2ccccc2)cc1)C(=O)O. The van der Waals surface area contributed by atoms with Crippen LogP contribution in [0.1, 0.15) is 25.8 Å². The van der Waals surface area contributed by atoms with Crippen LogP contribution in [0.4, 0.5) is 0 Å². The average molecular weight is 372 g/mol. The first-order valence-electron chi connectivity index (χ1n) is 8.72. The zero-order valence-corrected chi connectivity index (χ0v) is 15.9. The van der Waals surface area contributed by atoms with Gasteiger partial charge in [0.15, 0.2) is 0 Å². The van der Waals surface area contributed by atoms with E-state index >= 15 is 0 Å². The van der Waals surface area contributed by atoms with Crippen molar-refractivity contribution in [3.05, 3.63) is 60.2 Å². The minimum Gasteiger partial charge on any atom is -0.480 e. The second kappa shape index (κ2) is 9.43. The fourth-order valence-corrected chi connectivity index (χ4v) is 3.22. The number of benzene rings is 2. The van der Waals surface area contributed by atoms with Gasteiger partial charge in [-0.3, -0.25) is 4.79 Å². The van der Waals surface area contributed by atoms with E-state index in [0.717, 1.165) is 16.7 Å². The third kappa shape index (κ3) is 5.92. The van der Waals surface area contributed by atoms with Crippen molar-refractivity contribution in [2.24, 2.45) is 5.92 Å². The maximum absolute atomic E-state index is 12.2. The summed E-state index contributed by atoms with van der Waals surface area (Å²) in [7, 11) is 0. The van der Waals surface area contributed by atoms with Gasteiger partial charge >= 0.3 is 5.97 Å². The highest BCUT2D eigenvalue weighted by Gasteiger charge is 2.24. The Morgan fingerprint density at radius 1 is 1.00 bits per heavy atom. The molecule has 0 saturated heterocycles. The predicted molar refractivity (Wildman–Crippen MR) is 107 cm³/mol. The Labute approximate surface area is 160 Å². The number of carboxylic acids is 1. The molecule has 2 aromatic rings. The quantitative estimate of drug-likeness (QED) is 0.618. The molecule has 4 nitrogen and oxygen atoms in total. The summed E-state index contributed by atoms with van der Waals surface area (Å²) in [6, 6.07) is 16.7. The maximum atomic E-state index is 12.2. The Morgan fingerprint density at radius 3 is 2.12 bits per heavy atom.